The molecule has 0 amide bonds. The van der Waals surface area contributed by atoms with Crippen LogP contribution in [0, 0.1) is 5.92 Å². The fourth-order valence-corrected chi connectivity index (χ4v) is 3.82. The molecule has 6 nitrogen and oxygen atoms in total. The molecular formula is C20H43IN4O2. The van der Waals surface area contributed by atoms with E-state index in [1.807, 2.05) is 7.05 Å². The van der Waals surface area contributed by atoms with Crippen molar-refractivity contribution in [2.24, 2.45) is 10.9 Å². The third kappa shape index (κ3) is 9.76. The number of rotatable bonds is 11. The van der Waals surface area contributed by atoms with E-state index in [1.165, 1.54) is 12.8 Å². The van der Waals surface area contributed by atoms with Gasteiger partial charge in [0, 0.05) is 53.0 Å². The van der Waals surface area contributed by atoms with Crippen LogP contribution < -0.4 is 5.32 Å². The van der Waals surface area contributed by atoms with Gasteiger partial charge in [-0.15, -0.1) is 24.0 Å². The first-order chi connectivity index (χ1) is 12.6. The minimum absolute atomic E-state index is 0. The normalized spacial score (nSPS) is 17.3. The highest BCUT2D eigenvalue weighted by Crippen LogP contribution is 2.17. The topological polar surface area (TPSA) is 49.3 Å². The van der Waals surface area contributed by atoms with Crippen molar-refractivity contribution in [2.75, 3.05) is 61.1 Å². The molecule has 0 spiro atoms. The van der Waals surface area contributed by atoms with Gasteiger partial charge >= 0.3 is 0 Å². The minimum Gasteiger partial charge on any atom is -0.385 e. The Morgan fingerprint density at radius 3 is 2.30 bits per heavy atom. The molecule has 0 aliphatic carbocycles. The summed E-state index contributed by atoms with van der Waals surface area (Å²) < 4.78 is 11.0. The minimum atomic E-state index is 0. The number of likely N-dealkylation sites (N-methyl/N-ethyl adjacent to an activating group) is 1. The molecule has 0 bridgehead atoms. The molecule has 0 aromatic carbocycles. The predicted molar refractivity (Wildman–Crippen MR) is 125 cm³/mol. The summed E-state index contributed by atoms with van der Waals surface area (Å²) in [5.74, 6) is 1.74. The van der Waals surface area contributed by atoms with Gasteiger partial charge in [0.15, 0.2) is 5.96 Å². The van der Waals surface area contributed by atoms with Gasteiger partial charge < -0.3 is 24.6 Å². The summed E-state index contributed by atoms with van der Waals surface area (Å²) in [4.78, 5) is 9.24. The highest BCUT2D eigenvalue weighted by Gasteiger charge is 2.24. The first kappa shape index (κ1) is 26.9. The van der Waals surface area contributed by atoms with Crippen LogP contribution in [0.3, 0.4) is 0 Å². The third-order valence-electron chi connectivity index (χ3n) is 5.53. The van der Waals surface area contributed by atoms with Gasteiger partial charge in [-0.05, 0) is 39.3 Å². The number of nitrogens with one attached hydrogen (secondary N) is 1. The number of ether oxygens (including phenoxy) is 2. The zero-order chi connectivity index (χ0) is 19.4. The van der Waals surface area contributed by atoms with E-state index in [0.29, 0.717) is 18.1 Å². The van der Waals surface area contributed by atoms with Crippen molar-refractivity contribution in [2.45, 2.75) is 58.1 Å². The maximum Gasteiger partial charge on any atom is 0.193 e. The maximum atomic E-state index is 5.96. The lowest BCUT2D eigenvalue weighted by atomic mass is 9.93. The molecule has 0 saturated carbocycles. The van der Waals surface area contributed by atoms with Gasteiger partial charge in [-0.25, -0.2) is 0 Å². The summed E-state index contributed by atoms with van der Waals surface area (Å²) in [5, 5.41) is 3.62. The van der Waals surface area contributed by atoms with Gasteiger partial charge in [0.05, 0.1) is 6.10 Å². The smallest absolute Gasteiger partial charge is 0.193 e. The van der Waals surface area contributed by atoms with Gasteiger partial charge in [-0.3, -0.25) is 4.99 Å². The van der Waals surface area contributed by atoms with Gasteiger partial charge in [0.1, 0.15) is 0 Å². The third-order valence-corrected chi connectivity index (χ3v) is 5.53. The van der Waals surface area contributed by atoms with E-state index >= 15 is 0 Å². The molecule has 1 fully saturated rings. The molecule has 1 aliphatic rings. The van der Waals surface area contributed by atoms with E-state index in [9.17, 15) is 0 Å². The second-order valence-electron chi connectivity index (χ2n) is 7.44. The number of nitrogens with zero attached hydrogens (tertiary/aromatic N) is 3. The highest BCUT2D eigenvalue weighted by molar-refractivity contribution is 14.0. The van der Waals surface area contributed by atoms with Crippen molar-refractivity contribution in [1.82, 2.24) is 15.1 Å². The van der Waals surface area contributed by atoms with Crippen LogP contribution in [0.4, 0.5) is 0 Å². The first-order valence-electron chi connectivity index (χ1n) is 10.3. The number of halogens is 1. The Morgan fingerprint density at radius 2 is 1.81 bits per heavy atom. The number of methoxy groups -OCH3 is 1. The molecule has 1 saturated heterocycles. The summed E-state index contributed by atoms with van der Waals surface area (Å²) >= 11 is 0. The van der Waals surface area contributed by atoms with Crippen molar-refractivity contribution in [1.29, 1.82) is 0 Å². The van der Waals surface area contributed by atoms with Crippen LogP contribution >= 0.6 is 24.0 Å². The zero-order valence-corrected chi connectivity index (χ0v) is 20.7. The van der Waals surface area contributed by atoms with Crippen LogP contribution in [0.15, 0.2) is 4.99 Å². The molecule has 1 N–H and O–H groups in total. The van der Waals surface area contributed by atoms with Crippen molar-refractivity contribution in [3.63, 3.8) is 0 Å². The van der Waals surface area contributed by atoms with Crippen LogP contribution in [0.25, 0.3) is 0 Å². The second kappa shape index (κ2) is 15.8. The molecule has 1 unspecified atom stereocenters. The first-order valence-corrected chi connectivity index (χ1v) is 10.3. The summed E-state index contributed by atoms with van der Waals surface area (Å²) in [6, 6.07) is 0.531. The van der Waals surface area contributed by atoms with Gasteiger partial charge in [0.25, 0.3) is 0 Å². The quantitative estimate of drug-likeness (QED) is 0.205. The molecule has 1 atom stereocenters. The number of guanidine groups is 1. The zero-order valence-electron chi connectivity index (χ0n) is 18.4. The number of likely N-dealkylation sites (tertiary alicyclic amines) is 1. The van der Waals surface area contributed by atoms with E-state index in [1.54, 1.807) is 7.11 Å². The molecule has 162 valence electrons. The highest BCUT2D eigenvalue weighted by atomic mass is 127. The second-order valence-corrected chi connectivity index (χ2v) is 7.44. The molecule has 1 rings (SSSR count). The Labute approximate surface area is 184 Å². The molecule has 0 radical (unpaired) electrons. The summed E-state index contributed by atoms with van der Waals surface area (Å²) in [6.07, 6.45) is 5.91. The number of piperidine rings is 1. The SMILES string of the molecule is CCC(CC)C(CNC(=NC)N1CCC(OCCCOC)CC1)N(C)C.I. The number of aliphatic imine (C=N–C) groups is 1. The number of hydrogen-bond donors (Lipinski definition) is 1. The summed E-state index contributed by atoms with van der Waals surface area (Å²) in [5.41, 5.74) is 0. The fraction of sp³-hybridized carbons (Fsp3) is 0.950. The van der Waals surface area contributed by atoms with Crippen molar-refractivity contribution in [3.05, 3.63) is 0 Å². The van der Waals surface area contributed by atoms with Gasteiger partial charge in [0.2, 0.25) is 0 Å². The lowest BCUT2D eigenvalue weighted by Crippen LogP contribution is -2.51. The monoisotopic (exact) mass is 498 g/mol. The van der Waals surface area contributed by atoms with Crippen LogP contribution in [0.5, 0.6) is 0 Å². The van der Waals surface area contributed by atoms with Crippen molar-refractivity contribution in [3.8, 4) is 0 Å². The molecule has 0 aromatic rings. The van der Waals surface area contributed by atoms with E-state index < -0.39 is 0 Å². The largest absolute Gasteiger partial charge is 0.385 e. The van der Waals surface area contributed by atoms with Crippen LogP contribution in [-0.2, 0) is 9.47 Å². The molecular weight excluding hydrogens is 455 g/mol. The Bertz CT molecular complexity index is 384. The Morgan fingerprint density at radius 1 is 1.19 bits per heavy atom. The lowest BCUT2D eigenvalue weighted by molar-refractivity contribution is 0.00984. The van der Waals surface area contributed by atoms with E-state index in [2.05, 4.69) is 48.1 Å². The average molecular weight is 498 g/mol. The van der Waals surface area contributed by atoms with E-state index in [4.69, 9.17) is 9.47 Å². The Balaban J connectivity index is 0.00000676. The van der Waals surface area contributed by atoms with Crippen molar-refractivity contribution >= 4 is 29.9 Å². The molecule has 27 heavy (non-hydrogen) atoms. The van der Waals surface area contributed by atoms with E-state index in [-0.39, 0.29) is 24.0 Å². The Kier molecular flexibility index (Phi) is 15.7. The average Bonchev–Trinajstić information content (AvgIpc) is 2.65. The molecule has 1 aliphatic heterocycles. The number of hydrogen-bond acceptors (Lipinski definition) is 4. The van der Waals surface area contributed by atoms with E-state index in [0.717, 1.165) is 58.1 Å². The standard InChI is InChI=1S/C20H42N4O2.HI/c1-7-17(8-2)19(23(4)5)16-22-20(21-3)24-12-10-18(11-13-24)26-15-9-14-25-6;/h17-19H,7-16H2,1-6H3,(H,21,22);1H. The maximum absolute atomic E-state index is 5.96. The van der Waals surface area contributed by atoms with Gasteiger partial charge in [-0.1, -0.05) is 26.7 Å². The fourth-order valence-electron chi connectivity index (χ4n) is 3.82. The summed E-state index contributed by atoms with van der Waals surface area (Å²) in [6.45, 7) is 9.11. The van der Waals surface area contributed by atoms with Crippen LogP contribution in [-0.4, -0.2) is 89.0 Å². The molecule has 7 heteroatoms. The van der Waals surface area contributed by atoms with Gasteiger partial charge in [-0.2, -0.15) is 0 Å². The molecule has 0 aromatic heterocycles. The lowest BCUT2D eigenvalue weighted by Gasteiger charge is -2.36. The molecule has 1 heterocycles. The van der Waals surface area contributed by atoms with Crippen LogP contribution in [0.2, 0.25) is 0 Å². The predicted octanol–water partition coefficient (Wildman–Crippen LogP) is 3.06. The van der Waals surface area contributed by atoms with Crippen LogP contribution in [0.1, 0.15) is 46.0 Å². The Hall–Kier alpha value is -0.120. The van der Waals surface area contributed by atoms with Crippen molar-refractivity contribution < 1.29 is 9.47 Å². The summed E-state index contributed by atoms with van der Waals surface area (Å²) in [7, 11) is 7.98.